The molecule has 0 aliphatic heterocycles. The van der Waals surface area contributed by atoms with E-state index in [1.54, 1.807) is 0 Å². The summed E-state index contributed by atoms with van der Waals surface area (Å²) in [5, 5.41) is 0. The molecule has 0 aromatic heterocycles. The van der Waals surface area contributed by atoms with Crippen LogP contribution < -0.4 is 5.73 Å². The maximum absolute atomic E-state index is 6.37. The Morgan fingerprint density at radius 1 is 1.10 bits per heavy atom. The van der Waals surface area contributed by atoms with Crippen molar-refractivity contribution >= 4 is 15.9 Å². The minimum absolute atomic E-state index is 0.127. The number of nitrogens with zero attached hydrogens (tertiary/aromatic N) is 1. The van der Waals surface area contributed by atoms with Crippen LogP contribution in [0.5, 0.6) is 0 Å². The van der Waals surface area contributed by atoms with E-state index in [0.717, 1.165) is 17.4 Å². The number of benzene rings is 1. The molecule has 0 bridgehead atoms. The second-order valence-electron chi connectivity index (χ2n) is 6.31. The molecule has 1 rings (SSSR count). The van der Waals surface area contributed by atoms with Crippen molar-refractivity contribution in [2.45, 2.75) is 59.0 Å². The van der Waals surface area contributed by atoms with E-state index >= 15 is 0 Å². The molecule has 0 heterocycles. The molecule has 120 valence electrons. The Labute approximate surface area is 139 Å². The maximum Gasteiger partial charge on any atom is 0.0307 e. The number of halogens is 1. The number of hydrogen-bond donors (Lipinski definition) is 1. The van der Waals surface area contributed by atoms with E-state index in [0.29, 0.717) is 12.0 Å². The number of hydrogen-bond acceptors (Lipinski definition) is 2. The van der Waals surface area contributed by atoms with Gasteiger partial charge in [-0.25, -0.2) is 0 Å². The zero-order valence-corrected chi connectivity index (χ0v) is 15.6. The molecule has 0 saturated heterocycles. The molecule has 21 heavy (non-hydrogen) atoms. The van der Waals surface area contributed by atoms with Crippen LogP contribution in [0.15, 0.2) is 28.7 Å². The maximum atomic E-state index is 6.37. The first-order chi connectivity index (χ1) is 9.97. The summed E-state index contributed by atoms with van der Waals surface area (Å²) in [6.07, 6.45) is 3.46. The molecule has 0 spiro atoms. The molecular weight excluding hydrogens is 324 g/mol. The van der Waals surface area contributed by atoms with Crippen LogP contribution in [-0.2, 0) is 0 Å². The van der Waals surface area contributed by atoms with Crippen molar-refractivity contribution in [2.75, 3.05) is 13.1 Å². The molecule has 2 N–H and O–H groups in total. The summed E-state index contributed by atoms with van der Waals surface area (Å²) in [4.78, 5) is 2.63. The highest BCUT2D eigenvalue weighted by Crippen LogP contribution is 2.20. The Hall–Kier alpha value is -0.380. The zero-order valence-electron chi connectivity index (χ0n) is 14.0. The van der Waals surface area contributed by atoms with Crippen molar-refractivity contribution in [3.05, 3.63) is 34.3 Å². The van der Waals surface area contributed by atoms with Gasteiger partial charge in [0, 0.05) is 29.6 Å². The fourth-order valence-corrected chi connectivity index (χ4v) is 3.14. The Morgan fingerprint density at radius 2 is 1.67 bits per heavy atom. The molecular formula is C18H31BrN2. The topological polar surface area (TPSA) is 29.3 Å². The Morgan fingerprint density at radius 3 is 2.14 bits per heavy atom. The van der Waals surface area contributed by atoms with Gasteiger partial charge in [0.15, 0.2) is 0 Å². The molecule has 0 fully saturated rings. The van der Waals surface area contributed by atoms with E-state index in [1.165, 1.54) is 24.9 Å². The van der Waals surface area contributed by atoms with Crippen LogP contribution in [-0.4, -0.2) is 24.0 Å². The van der Waals surface area contributed by atoms with Gasteiger partial charge in [0.05, 0.1) is 0 Å². The normalized spacial score (nSPS) is 13.4. The van der Waals surface area contributed by atoms with Crippen molar-refractivity contribution in [1.82, 2.24) is 4.90 Å². The lowest BCUT2D eigenvalue weighted by Crippen LogP contribution is -2.39. The van der Waals surface area contributed by atoms with E-state index in [1.807, 2.05) is 0 Å². The van der Waals surface area contributed by atoms with E-state index in [2.05, 4.69) is 72.8 Å². The van der Waals surface area contributed by atoms with Crippen molar-refractivity contribution in [3.63, 3.8) is 0 Å². The van der Waals surface area contributed by atoms with Crippen LogP contribution in [0.4, 0.5) is 0 Å². The van der Waals surface area contributed by atoms with Gasteiger partial charge in [0.25, 0.3) is 0 Å². The minimum Gasteiger partial charge on any atom is -0.324 e. The molecule has 1 aromatic carbocycles. The fourth-order valence-electron chi connectivity index (χ4n) is 2.88. The summed E-state index contributed by atoms with van der Waals surface area (Å²) in [5.41, 5.74) is 7.59. The van der Waals surface area contributed by atoms with Crippen LogP contribution >= 0.6 is 15.9 Å². The van der Waals surface area contributed by atoms with Crippen LogP contribution in [0.3, 0.4) is 0 Å². The van der Waals surface area contributed by atoms with E-state index in [4.69, 9.17) is 5.73 Å². The SMILES string of the molecule is CCC(CC)N(CCC(N)c1ccc(Br)cc1)CC(C)C. The summed E-state index contributed by atoms with van der Waals surface area (Å²) in [5.74, 6) is 0.703. The predicted octanol–water partition coefficient (Wildman–Crippen LogP) is 4.99. The van der Waals surface area contributed by atoms with Crippen LogP contribution in [0, 0.1) is 5.92 Å². The largest absolute Gasteiger partial charge is 0.324 e. The molecule has 1 atom stereocenters. The third kappa shape index (κ3) is 6.50. The summed E-state index contributed by atoms with van der Waals surface area (Å²) >= 11 is 3.47. The van der Waals surface area contributed by atoms with E-state index < -0.39 is 0 Å². The van der Waals surface area contributed by atoms with Gasteiger partial charge in [-0.15, -0.1) is 0 Å². The highest BCUT2D eigenvalue weighted by Gasteiger charge is 2.17. The second-order valence-corrected chi connectivity index (χ2v) is 7.22. The molecule has 0 radical (unpaired) electrons. The van der Waals surface area contributed by atoms with Gasteiger partial charge in [-0.2, -0.15) is 0 Å². The Bertz CT molecular complexity index is 385. The fraction of sp³-hybridized carbons (Fsp3) is 0.667. The van der Waals surface area contributed by atoms with Gasteiger partial charge in [-0.05, 0) is 42.9 Å². The predicted molar refractivity (Wildman–Crippen MR) is 96.5 cm³/mol. The molecule has 1 aromatic rings. The lowest BCUT2D eigenvalue weighted by molar-refractivity contribution is 0.160. The average molecular weight is 355 g/mol. The lowest BCUT2D eigenvalue weighted by Gasteiger charge is -2.32. The first-order valence-electron chi connectivity index (χ1n) is 8.22. The Kier molecular flexibility index (Phi) is 8.53. The quantitative estimate of drug-likeness (QED) is 0.676. The van der Waals surface area contributed by atoms with Crippen molar-refractivity contribution in [2.24, 2.45) is 11.7 Å². The van der Waals surface area contributed by atoms with Gasteiger partial charge in [-0.3, -0.25) is 0 Å². The third-order valence-electron chi connectivity index (χ3n) is 4.08. The smallest absolute Gasteiger partial charge is 0.0307 e. The summed E-state index contributed by atoms with van der Waals surface area (Å²) < 4.78 is 1.11. The van der Waals surface area contributed by atoms with Gasteiger partial charge < -0.3 is 10.6 Å². The molecule has 0 saturated carbocycles. The number of nitrogens with two attached hydrogens (primary N) is 1. The minimum atomic E-state index is 0.127. The third-order valence-corrected chi connectivity index (χ3v) is 4.61. The van der Waals surface area contributed by atoms with Gasteiger partial charge in [0.2, 0.25) is 0 Å². The lowest BCUT2D eigenvalue weighted by atomic mass is 10.0. The first kappa shape index (κ1) is 18.7. The van der Waals surface area contributed by atoms with Crippen LogP contribution in [0.25, 0.3) is 0 Å². The standard InChI is InChI=1S/C18H31BrN2/c1-5-17(6-2)21(13-14(3)4)12-11-18(20)15-7-9-16(19)10-8-15/h7-10,14,17-18H,5-6,11-13,20H2,1-4H3. The van der Waals surface area contributed by atoms with Gasteiger partial charge in [-0.1, -0.05) is 55.8 Å². The number of rotatable bonds is 9. The monoisotopic (exact) mass is 354 g/mol. The first-order valence-corrected chi connectivity index (χ1v) is 9.02. The highest BCUT2D eigenvalue weighted by molar-refractivity contribution is 9.10. The van der Waals surface area contributed by atoms with E-state index in [9.17, 15) is 0 Å². The molecule has 0 amide bonds. The zero-order chi connectivity index (χ0) is 15.8. The highest BCUT2D eigenvalue weighted by atomic mass is 79.9. The molecule has 0 aliphatic rings. The van der Waals surface area contributed by atoms with E-state index in [-0.39, 0.29) is 6.04 Å². The molecule has 2 nitrogen and oxygen atoms in total. The Balaban J connectivity index is 2.60. The average Bonchev–Trinajstić information content (AvgIpc) is 2.45. The molecule has 0 aliphatic carbocycles. The summed E-state index contributed by atoms with van der Waals surface area (Å²) in [6, 6.07) is 9.20. The van der Waals surface area contributed by atoms with Crippen molar-refractivity contribution < 1.29 is 0 Å². The van der Waals surface area contributed by atoms with Crippen molar-refractivity contribution in [1.29, 1.82) is 0 Å². The van der Waals surface area contributed by atoms with Crippen LogP contribution in [0.2, 0.25) is 0 Å². The second kappa shape index (κ2) is 9.60. The molecule has 3 heteroatoms. The van der Waals surface area contributed by atoms with Crippen molar-refractivity contribution in [3.8, 4) is 0 Å². The van der Waals surface area contributed by atoms with Crippen LogP contribution in [0.1, 0.15) is 58.6 Å². The van der Waals surface area contributed by atoms with Gasteiger partial charge in [0.1, 0.15) is 0 Å². The molecule has 1 unspecified atom stereocenters. The summed E-state index contributed by atoms with van der Waals surface area (Å²) in [6.45, 7) is 11.4. The van der Waals surface area contributed by atoms with Gasteiger partial charge >= 0.3 is 0 Å². The summed E-state index contributed by atoms with van der Waals surface area (Å²) in [7, 11) is 0.